The molecule has 3 aromatic carbocycles. The maximum absolute atomic E-state index is 13.4. The van der Waals surface area contributed by atoms with Crippen LogP contribution in [0.15, 0.2) is 64.9 Å². The van der Waals surface area contributed by atoms with E-state index < -0.39 is 10.0 Å². The number of thiophene rings is 1. The predicted molar refractivity (Wildman–Crippen MR) is 154 cm³/mol. The van der Waals surface area contributed by atoms with Crippen molar-refractivity contribution < 1.29 is 22.7 Å². The lowest BCUT2D eigenvalue weighted by atomic mass is 9.88. The molecule has 4 aromatic rings. The highest BCUT2D eigenvalue weighted by Gasteiger charge is 2.34. The molecule has 0 aliphatic carbocycles. The number of benzene rings is 3. The zero-order valence-electron chi connectivity index (χ0n) is 21.8. The summed E-state index contributed by atoms with van der Waals surface area (Å²) in [6, 6.07) is 17.2. The molecule has 2 aliphatic rings. The Morgan fingerprint density at radius 3 is 2.59 bits per heavy atom. The van der Waals surface area contributed by atoms with Crippen molar-refractivity contribution in [3.8, 4) is 0 Å². The molecular weight excluding hydrogens is 532 g/mol. The van der Waals surface area contributed by atoms with Crippen LogP contribution in [0.2, 0.25) is 0 Å². The number of Topliss-reactive ketones (excluding diaryl/α,β-unsaturated/α-hetero) is 1. The number of fused-ring (bicyclic) bond motifs is 1. The van der Waals surface area contributed by atoms with E-state index in [1.54, 1.807) is 17.4 Å². The first-order valence-electron chi connectivity index (χ1n) is 13.2. The van der Waals surface area contributed by atoms with Crippen molar-refractivity contribution in [2.24, 2.45) is 5.92 Å². The van der Waals surface area contributed by atoms with Gasteiger partial charge in [0, 0.05) is 72.1 Å². The lowest BCUT2D eigenvalue weighted by Crippen LogP contribution is -2.40. The van der Waals surface area contributed by atoms with Crippen molar-refractivity contribution >= 4 is 59.6 Å². The van der Waals surface area contributed by atoms with E-state index >= 15 is 0 Å². The highest BCUT2D eigenvalue weighted by atomic mass is 32.2. The molecule has 6 rings (SSSR count). The van der Waals surface area contributed by atoms with Crippen LogP contribution < -0.4 is 4.90 Å². The summed E-state index contributed by atoms with van der Waals surface area (Å²) < 4.78 is 34.4. The van der Waals surface area contributed by atoms with Crippen LogP contribution in [0.3, 0.4) is 0 Å². The van der Waals surface area contributed by atoms with Gasteiger partial charge in [-0.15, -0.1) is 11.3 Å². The standard InChI is InChI=1S/C30H30N2O5S2/c1-37-17-5-14-32-25-11-10-21(22-7-4-8-24(29(22)25)30(32)34)18-26(33)20-12-15-31(16-13-20)39(35,36)28-19-38-27-9-3-2-6-23(27)28/h2-4,6-11,19-20H,5,12-18H2,1H3. The van der Waals surface area contributed by atoms with Crippen LogP contribution in [0.25, 0.3) is 20.9 Å². The molecule has 1 saturated heterocycles. The average molecular weight is 563 g/mol. The van der Waals surface area contributed by atoms with Crippen molar-refractivity contribution in [1.82, 2.24) is 4.31 Å². The summed E-state index contributed by atoms with van der Waals surface area (Å²) in [5, 5.41) is 4.32. The Kier molecular flexibility index (Phi) is 7.01. The normalized spacial score (nSPS) is 16.5. The van der Waals surface area contributed by atoms with Crippen LogP contribution in [-0.4, -0.2) is 57.8 Å². The first kappa shape index (κ1) is 26.1. The molecule has 9 heteroatoms. The van der Waals surface area contributed by atoms with Crippen molar-refractivity contribution in [3.05, 3.63) is 71.1 Å². The van der Waals surface area contributed by atoms with Gasteiger partial charge in [-0.05, 0) is 48.4 Å². The van der Waals surface area contributed by atoms with Crippen molar-refractivity contribution in [2.75, 3.05) is 38.3 Å². The number of carbonyl (C=O) groups is 2. The molecule has 39 heavy (non-hydrogen) atoms. The molecule has 3 heterocycles. The molecule has 7 nitrogen and oxygen atoms in total. The van der Waals surface area contributed by atoms with Crippen molar-refractivity contribution in [2.45, 2.75) is 30.6 Å². The molecule has 1 fully saturated rings. The van der Waals surface area contributed by atoms with Gasteiger partial charge in [0.25, 0.3) is 5.91 Å². The SMILES string of the molecule is COCCCN1C(=O)c2cccc3c(CC(=O)C4CCN(S(=O)(=O)c5csc6ccccc56)CC4)ccc1c23. The van der Waals surface area contributed by atoms with Gasteiger partial charge >= 0.3 is 0 Å². The average Bonchev–Trinajstić information content (AvgIpc) is 3.51. The number of methoxy groups -OCH3 is 1. The van der Waals surface area contributed by atoms with Crippen LogP contribution in [0.5, 0.6) is 0 Å². The fourth-order valence-electron chi connectivity index (χ4n) is 5.89. The predicted octanol–water partition coefficient (Wildman–Crippen LogP) is 5.26. The lowest BCUT2D eigenvalue weighted by molar-refractivity contribution is -0.123. The zero-order chi connectivity index (χ0) is 27.1. The van der Waals surface area contributed by atoms with Gasteiger partial charge in [-0.2, -0.15) is 4.31 Å². The first-order chi connectivity index (χ1) is 18.9. The van der Waals surface area contributed by atoms with Gasteiger partial charge in [0.15, 0.2) is 0 Å². The molecule has 0 spiro atoms. The van der Waals surface area contributed by atoms with Crippen LogP contribution in [-0.2, 0) is 26.0 Å². The van der Waals surface area contributed by atoms with Gasteiger partial charge in [-0.3, -0.25) is 9.59 Å². The highest BCUT2D eigenvalue weighted by Crippen LogP contribution is 2.40. The minimum absolute atomic E-state index is 0.0119. The van der Waals surface area contributed by atoms with E-state index in [-0.39, 0.29) is 24.0 Å². The fourth-order valence-corrected chi connectivity index (χ4v) is 8.84. The van der Waals surface area contributed by atoms with Gasteiger partial charge in [-0.25, -0.2) is 8.42 Å². The number of sulfonamides is 1. The molecule has 0 unspecified atom stereocenters. The third kappa shape index (κ3) is 4.57. The van der Waals surface area contributed by atoms with E-state index in [9.17, 15) is 18.0 Å². The van der Waals surface area contributed by atoms with E-state index in [0.29, 0.717) is 49.5 Å². The molecule has 1 aromatic heterocycles. The van der Waals surface area contributed by atoms with E-state index in [1.807, 2.05) is 54.6 Å². The third-order valence-corrected chi connectivity index (χ3v) is 11.0. The molecule has 0 atom stereocenters. The third-order valence-electron chi connectivity index (χ3n) is 7.94. The summed E-state index contributed by atoms with van der Waals surface area (Å²) in [4.78, 5) is 28.6. The number of rotatable bonds is 9. The Labute approximate surface area is 232 Å². The first-order valence-corrected chi connectivity index (χ1v) is 15.6. The summed E-state index contributed by atoms with van der Waals surface area (Å²) in [6.07, 6.45) is 2.03. The second-order valence-electron chi connectivity index (χ2n) is 10.2. The molecule has 0 N–H and O–H groups in total. The fraction of sp³-hybridized carbons (Fsp3) is 0.333. The Balaban J connectivity index is 1.17. The van der Waals surface area contributed by atoms with Gasteiger partial charge in [-0.1, -0.05) is 36.4 Å². The molecular formula is C30H30N2O5S2. The monoisotopic (exact) mass is 562 g/mol. The quantitative estimate of drug-likeness (QED) is 0.260. The van der Waals surface area contributed by atoms with E-state index in [2.05, 4.69) is 0 Å². The number of amides is 1. The number of nitrogens with zero attached hydrogens (tertiary/aromatic N) is 2. The smallest absolute Gasteiger partial charge is 0.258 e. The van der Waals surface area contributed by atoms with Crippen molar-refractivity contribution in [3.63, 3.8) is 0 Å². The lowest BCUT2D eigenvalue weighted by Gasteiger charge is -2.30. The van der Waals surface area contributed by atoms with Gasteiger partial charge in [0.1, 0.15) is 10.7 Å². The summed E-state index contributed by atoms with van der Waals surface area (Å²) in [5.41, 5.74) is 2.47. The Morgan fingerprint density at radius 1 is 1.03 bits per heavy atom. The van der Waals surface area contributed by atoms with Crippen LogP contribution >= 0.6 is 11.3 Å². The summed E-state index contributed by atoms with van der Waals surface area (Å²) in [7, 11) is -1.96. The Hall–Kier alpha value is -3.11. The van der Waals surface area contributed by atoms with Crippen molar-refractivity contribution in [1.29, 1.82) is 0 Å². The number of piperidine rings is 1. The van der Waals surface area contributed by atoms with Crippen LogP contribution in [0.4, 0.5) is 5.69 Å². The highest BCUT2D eigenvalue weighted by molar-refractivity contribution is 7.89. The van der Waals surface area contributed by atoms with E-state index in [1.165, 1.54) is 15.6 Å². The molecule has 202 valence electrons. The Morgan fingerprint density at radius 2 is 1.79 bits per heavy atom. The zero-order valence-corrected chi connectivity index (χ0v) is 23.4. The minimum Gasteiger partial charge on any atom is -0.385 e. The minimum atomic E-state index is -3.62. The second kappa shape index (κ2) is 10.5. The van der Waals surface area contributed by atoms with Crippen LogP contribution in [0, 0.1) is 5.92 Å². The number of hydrogen-bond donors (Lipinski definition) is 0. The van der Waals surface area contributed by atoms with E-state index in [0.717, 1.165) is 38.5 Å². The van der Waals surface area contributed by atoms with E-state index in [4.69, 9.17) is 4.74 Å². The topological polar surface area (TPSA) is 84.0 Å². The molecule has 0 bridgehead atoms. The largest absolute Gasteiger partial charge is 0.385 e. The maximum Gasteiger partial charge on any atom is 0.258 e. The second-order valence-corrected chi connectivity index (χ2v) is 13.0. The number of hydrogen-bond acceptors (Lipinski definition) is 6. The number of anilines is 1. The van der Waals surface area contributed by atoms with Gasteiger partial charge in [0.05, 0.1) is 5.69 Å². The molecule has 0 radical (unpaired) electrons. The summed E-state index contributed by atoms with van der Waals surface area (Å²) >= 11 is 1.43. The molecule has 2 aliphatic heterocycles. The molecule has 1 amide bonds. The summed E-state index contributed by atoms with van der Waals surface area (Å²) in [5.74, 6) is -0.0805. The van der Waals surface area contributed by atoms with Gasteiger partial charge in [0.2, 0.25) is 10.0 Å². The summed E-state index contributed by atoms with van der Waals surface area (Å²) in [6.45, 7) is 1.83. The number of ether oxygens (including phenoxy) is 1. The molecule has 0 saturated carbocycles. The number of carbonyl (C=O) groups excluding carboxylic acids is 2. The maximum atomic E-state index is 13.4. The number of ketones is 1. The van der Waals surface area contributed by atoms with Crippen LogP contribution in [0.1, 0.15) is 35.2 Å². The Bertz CT molecular complexity index is 1690. The van der Waals surface area contributed by atoms with Gasteiger partial charge < -0.3 is 9.64 Å².